The number of hydrogen-bond acceptors (Lipinski definition) is 2. The number of hydrogen-bond donors (Lipinski definition) is 2. The molecule has 2 rings (SSSR count). The Labute approximate surface area is 112 Å². The normalized spacial score (nSPS) is 19.5. The van der Waals surface area contributed by atoms with Crippen LogP contribution in [0.4, 0.5) is 10.1 Å². The number of carbonyl (C=O) groups excluding carboxylic acids is 1. The van der Waals surface area contributed by atoms with Crippen molar-refractivity contribution in [2.24, 2.45) is 0 Å². The van der Waals surface area contributed by atoms with Gasteiger partial charge in [0.25, 0.3) is 0 Å². The second-order valence-corrected chi connectivity index (χ2v) is 5.17. The third-order valence-corrected chi connectivity index (χ3v) is 3.36. The number of benzene rings is 1. The molecule has 102 valence electrons. The van der Waals surface area contributed by atoms with Crippen LogP contribution in [0.25, 0.3) is 0 Å². The topological polar surface area (TPSA) is 41.1 Å². The van der Waals surface area contributed by atoms with Crippen LogP contribution in [0.15, 0.2) is 30.5 Å². The van der Waals surface area contributed by atoms with E-state index in [0.29, 0.717) is 29.8 Å². The lowest BCUT2D eigenvalue weighted by atomic mass is 10.00. The van der Waals surface area contributed by atoms with Gasteiger partial charge < -0.3 is 10.6 Å². The number of nitrogens with one attached hydrogen (secondary N) is 2. The molecule has 0 aliphatic carbocycles. The Morgan fingerprint density at radius 1 is 1.47 bits per heavy atom. The second kappa shape index (κ2) is 5.43. The highest BCUT2D eigenvalue weighted by Gasteiger charge is 2.23. The average molecular weight is 262 g/mol. The van der Waals surface area contributed by atoms with Crippen LogP contribution in [0.3, 0.4) is 0 Å². The summed E-state index contributed by atoms with van der Waals surface area (Å²) in [4.78, 5) is 11.2. The van der Waals surface area contributed by atoms with Crippen LogP contribution in [0.1, 0.15) is 38.2 Å². The van der Waals surface area contributed by atoms with Crippen molar-refractivity contribution >= 4 is 11.6 Å². The van der Waals surface area contributed by atoms with Crippen molar-refractivity contribution in [2.75, 3.05) is 5.32 Å². The largest absolute Gasteiger partial charge is 0.374 e. The Bertz CT molecular complexity index is 511. The van der Waals surface area contributed by atoms with Gasteiger partial charge in [0.2, 0.25) is 5.91 Å². The zero-order valence-electron chi connectivity index (χ0n) is 11.3. The fourth-order valence-corrected chi connectivity index (χ4v) is 2.23. The van der Waals surface area contributed by atoms with Crippen LogP contribution in [-0.2, 0) is 4.79 Å². The third-order valence-electron chi connectivity index (χ3n) is 3.36. The molecule has 1 heterocycles. The highest BCUT2D eigenvalue weighted by atomic mass is 19.1. The van der Waals surface area contributed by atoms with E-state index in [-0.39, 0.29) is 23.7 Å². The minimum absolute atomic E-state index is 0.0283. The summed E-state index contributed by atoms with van der Waals surface area (Å²) in [5, 5.41) is 5.81. The minimum atomic E-state index is -0.220. The van der Waals surface area contributed by atoms with E-state index in [1.165, 1.54) is 0 Å². The van der Waals surface area contributed by atoms with E-state index in [1.54, 1.807) is 12.1 Å². The van der Waals surface area contributed by atoms with Crippen LogP contribution in [-0.4, -0.2) is 11.9 Å². The van der Waals surface area contributed by atoms with Gasteiger partial charge in [-0.1, -0.05) is 32.6 Å². The van der Waals surface area contributed by atoms with Crippen molar-refractivity contribution in [1.82, 2.24) is 5.32 Å². The predicted octanol–water partition coefficient (Wildman–Crippen LogP) is 3.15. The van der Waals surface area contributed by atoms with Gasteiger partial charge in [0.1, 0.15) is 5.82 Å². The second-order valence-electron chi connectivity index (χ2n) is 5.17. The highest BCUT2D eigenvalue weighted by Crippen LogP contribution is 2.26. The Morgan fingerprint density at radius 3 is 2.84 bits per heavy atom. The minimum Gasteiger partial charge on any atom is -0.374 e. The molecule has 0 aromatic heterocycles. The van der Waals surface area contributed by atoms with Gasteiger partial charge in [-0.05, 0) is 24.0 Å². The van der Waals surface area contributed by atoms with Crippen molar-refractivity contribution in [2.45, 2.75) is 38.6 Å². The lowest BCUT2D eigenvalue weighted by Gasteiger charge is -2.27. The van der Waals surface area contributed by atoms with Gasteiger partial charge in [0.15, 0.2) is 0 Å². The van der Waals surface area contributed by atoms with E-state index in [1.807, 2.05) is 19.9 Å². The molecule has 19 heavy (non-hydrogen) atoms. The van der Waals surface area contributed by atoms with E-state index >= 15 is 0 Å². The van der Waals surface area contributed by atoms with Crippen LogP contribution in [0, 0.1) is 5.82 Å². The van der Waals surface area contributed by atoms with Crippen molar-refractivity contribution in [1.29, 1.82) is 0 Å². The summed E-state index contributed by atoms with van der Waals surface area (Å²) in [6.07, 6.45) is 1.07. The molecule has 1 aliphatic rings. The quantitative estimate of drug-likeness (QED) is 0.878. The molecule has 3 nitrogen and oxygen atoms in total. The molecule has 4 heteroatoms. The van der Waals surface area contributed by atoms with Crippen molar-refractivity contribution in [3.8, 4) is 0 Å². The van der Waals surface area contributed by atoms with Gasteiger partial charge in [-0.3, -0.25) is 4.79 Å². The van der Waals surface area contributed by atoms with E-state index < -0.39 is 0 Å². The Hall–Kier alpha value is -1.84. The molecule has 0 saturated carbocycles. The van der Waals surface area contributed by atoms with Gasteiger partial charge in [-0.15, -0.1) is 0 Å². The van der Waals surface area contributed by atoms with Crippen LogP contribution >= 0.6 is 0 Å². The maximum absolute atomic E-state index is 14.3. The van der Waals surface area contributed by atoms with Gasteiger partial charge >= 0.3 is 0 Å². The van der Waals surface area contributed by atoms with E-state index in [4.69, 9.17) is 0 Å². The summed E-state index contributed by atoms with van der Waals surface area (Å²) in [5.74, 6) is -0.113. The van der Waals surface area contributed by atoms with E-state index in [0.717, 1.165) is 0 Å². The number of piperidine rings is 1. The predicted molar refractivity (Wildman–Crippen MR) is 74.4 cm³/mol. The maximum atomic E-state index is 14.3. The summed E-state index contributed by atoms with van der Waals surface area (Å²) < 4.78 is 14.3. The van der Waals surface area contributed by atoms with Crippen LogP contribution in [0.2, 0.25) is 0 Å². The first kappa shape index (κ1) is 13.6. The molecule has 1 amide bonds. The van der Waals surface area contributed by atoms with Gasteiger partial charge in [-0.2, -0.15) is 0 Å². The first-order valence-electron chi connectivity index (χ1n) is 6.52. The number of amides is 1. The number of halogens is 1. The molecule has 1 unspecified atom stereocenters. The average Bonchev–Trinajstić information content (AvgIpc) is 2.34. The lowest BCUT2D eigenvalue weighted by molar-refractivity contribution is -0.121. The Morgan fingerprint density at radius 2 is 2.21 bits per heavy atom. The summed E-state index contributed by atoms with van der Waals surface area (Å²) >= 11 is 0. The monoisotopic (exact) mass is 262 g/mol. The summed E-state index contributed by atoms with van der Waals surface area (Å²) in [6.45, 7) is 7.73. The number of anilines is 1. The number of carbonyl (C=O) groups is 1. The zero-order chi connectivity index (χ0) is 14.0. The zero-order valence-corrected chi connectivity index (χ0v) is 11.3. The van der Waals surface area contributed by atoms with E-state index in [2.05, 4.69) is 17.2 Å². The SMILES string of the molecule is C=C1NC(=O)CCC1Nc1cccc(C(C)C)c1F. The number of rotatable bonds is 3. The molecule has 1 atom stereocenters. The fourth-order valence-electron chi connectivity index (χ4n) is 2.23. The highest BCUT2D eigenvalue weighted by molar-refractivity contribution is 5.79. The fraction of sp³-hybridized carbons (Fsp3) is 0.400. The summed E-state index contributed by atoms with van der Waals surface area (Å²) in [5.41, 5.74) is 1.76. The maximum Gasteiger partial charge on any atom is 0.224 e. The molecule has 1 saturated heterocycles. The molecule has 0 radical (unpaired) electrons. The van der Waals surface area contributed by atoms with Crippen molar-refractivity contribution in [3.05, 3.63) is 41.9 Å². The lowest BCUT2D eigenvalue weighted by Crippen LogP contribution is -2.39. The van der Waals surface area contributed by atoms with Gasteiger partial charge in [0, 0.05) is 12.1 Å². The molecule has 1 fully saturated rings. The Balaban J connectivity index is 2.17. The molecular formula is C15H19FN2O. The Kier molecular flexibility index (Phi) is 3.88. The molecule has 1 aliphatic heterocycles. The summed E-state index contributed by atoms with van der Waals surface area (Å²) in [7, 11) is 0. The first-order valence-corrected chi connectivity index (χ1v) is 6.52. The molecule has 2 N–H and O–H groups in total. The third kappa shape index (κ3) is 2.95. The van der Waals surface area contributed by atoms with E-state index in [9.17, 15) is 9.18 Å². The van der Waals surface area contributed by atoms with Crippen LogP contribution < -0.4 is 10.6 Å². The van der Waals surface area contributed by atoms with Crippen molar-refractivity contribution in [3.63, 3.8) is 0 Å². The first-order chi connectivity index (χ1) is 8.99. The molecular weight excluding hydrogens is 243 g/mol. The standard InChI is InChI=1S/C15H19FN2O/c1-9(2)11-5-4-6-13(15(11)16)18-12-7-8-14(19)17-10(12)3/h4-6,9,12,18H,3,7-8H2,1-2H3,(H,17,19). The van der Waals surface area contributed by atoms with Gasteiger partial charge in [0.05, 0.1) is 11.7 Å². The molecule has 0 spiro atoms. The molecule has 0 bridgehead atoms. The van der Waals surface area contributed by atoms with Crippen LogP contribution in [0.5, 0.6) is 0 Å². The van der Waals surface area contributed by atoms with Crippen molar-refractivity contribution < 1.29 is 9.18 Å². The smallest absolute Gasteiger partial charge is 0.224 e. The molecule has 1 aromatic carbocycles. The van der Waals surface area contributed by atoms with Gasteiger partial charge in [-0.25, -0.2) is 4.39 Å². The summed E-state index contributed by atoms with van der Waals surface area (Å²) in [6, 6.07) is 5.23. The molecule has 1 aromatic rings.